The SMILES string of the molecule is CCN(c1cc(C)ccc1C(N)=S)C1CCCC1. The van der Waals surface area contributed by atoms with Crippen molar-refractivity contribution in [2.75, 3.05) is 11.4 Å². The number of benzene rings is 1. The minimum Gasteiger partial charge on any atom is -0.389 e. The average molecular weight is 262 g/mol. The highest BCUT2D eigenvalue weighted by Gasteiger charge is 2.23. The van der Waals surface area contributed by atoms with Crippen LogP contribution in [0.15, 0.2) is 18.2 Å². The molecule has 0 unspecified atom stereocenters. The molecule has 1 aliphatic rings. The summed E-state index contributed by atoms with van der Waals surface area (Å²) in [6.07, 6.45) is 5.27. The minimum absolute atomic E-state index is 0.501. The Labute approximate surface area is 115 Å². The van der Waals surface area contributed by atoms with Crippen LogP contribution in [-0.2, 0) is 0 Å². The highest BCUT2D eigenvalue weighted by Crippen LogP contribution is 2.31. The maximum atomic E-state index is 5.86. The third-order valence-electron chi connectivity index (χ3n) is 3.83. The first kappa shape index (κ1) is 13.3. The van der Waals surface area contributed by atoms with Gasteiger partial charge in [0.2, 0.25) is 0 Å². The van der Waals surface area contributed by atoms with Gasteiger partial charge in [-0.15, -0.1) is 0 Å². The molecule has 1 aliphatic carbocycles. The van der Waals surface area contributed by atoms with Crippen LogP contribution in [0.1, 0.15) is 43.7 Å². The van der Waals surface area contributed by atoms with Crippen LogP contribution in [0, 0.1) is 6.92 Å². The Bertz CT molecular complexity index is 436. The molecule has 1 fully saturated rings. The summed E-state index contributed by atoms with van der Waals surface area (Å²) < 4.78 is 0. The second-order valence-corrected chi connectivity index (χ2v) is 5.55. The standard InChI is InChI=1S/C15H22N2S/c1-3-17(12-6-4-5-7-12)14-10-11(2)8-9-13(14)15(16)18/h8-10,12H,3-7H2,1-2H3,(H2,16,18). The van der Waals surface area contributed by atoms with Gasteiger partial charge < -0.3 is 10.6 Å². The molecule has 2 N–H and O–H groups in total. The fourth-order valence-corrected chi connectivity index (χ4v) is 3.10. The fourth-order valence-electron chi connectivity index (χ4n) is 2.93. The van der Waals surface area contributed by atoms with Gasteiger partial charge in [-0.2, -0.15) is 0 Å². The number of anilines is 1. The van der Waals surface area contributed by atoms with Crippen molar-refractivity contribution in [3.05, 3.63) is 29.3 Å². The second-order valence-electron chi connectivity index (χ2n) is 5.11. The van der Waals surface area contributed by atoms with E-state index in [-0.39, 0.29) is 0 Å². The van der Waals surface area contributed by atoms with E-state index in [2.05, 4.69) is 36.9 Å². The molecule has 18 heavy (non-hydrogen) atoms. The molecule has 2 nitrogen and oxygen atoms in total. The van der Waals surface area contributed by atoms with Crippen LogP contribution in [0.5, 0.6) is 0 Å². The lowest BCUT2D eigenvalue weighted by Crippen LogP contribution is -2.34. The third-order valence-corrected chi connectivity index (χ3v) is 4.05. The Kier molecular flexibility index (Phi) is 4.23. The molecule has 2 rings (SSSR count). The van der Waals surface area contributed by atoms with Crippen LogP contribution in [0.4, 0.5) is 5.69 Å². The lowest BCUT2D eigenvalue weighted by atomic mass is 10.1. The van der Waals surface area contributed by atoms with Crippen LogP contribution >= 0.6 is 12.2 Å². The largest absolute Gasteiger partial charge is 0.389 e. The summed E-state index contributed by atoms with van der Waals surface area (Å²) in [4.78, 5) is 2.98. The Hall–Kier alpha value is -1.09. The minimum atomic E-state index is 0.501. The predicted molar refractivity (Wildman–Crippen MR) is 82.3 cm³/mol. The molecular weight excluding hydrogens is 240 g/mol. The van der Waals surface area contributed by atoms with Gasteiger partial charge in [-0.1, -0.05) is 31.1 Å². The molecule has 0 aromatic heterocycles. The molecule has 0 atom stereocenters. The first-order valence-corrected chi connectivity index (χ1v) is 7.21. The van der Waals surface area contributed by atoms with Crippen LogP contribution in [-0.4, -0.2) is 17.6 Å². The fraction of sp³-hybridized carbons (Fsp3) is 0.533. The zero-order valence-corrected chi connectivity index (χ0v) is 12.1. The number of thiocarbonyl (C=S) groups is 1. The zero-order valence-electron chi connectivity index (χ0n) is 11.3. The van der Waals surface area contributed by atoms with Crippen molar-refractivity contribution in [1.82, 2.24) is 0 Å². The normalized spacial score (nSPS) is 15.9. The molecule has 3 heteroatoms. The summed E-state index contributed by atoms with van der Waals surface area (Å²) in [6, 6.07) is 7.02. The molecule has 0 saturated heterocycles. The number of aryl methyl sites for hydroxylation is 1. The molecule has 98 valence electrons. The van der Waals surface area contributed by atoms with E-state index in [0.717, 1.165) is 12.1 Å². The Morgan fingerprint density at radius 3 is 2.61 bits per heavy atom. The Morgan fingerprint density at radius 1 is 1.39 bits per heavy atom. The van der Waals surface area contributed by atoms with E-state index >= 15 is 0 Å². The van der Waals surface area contributed by atoms with E-state index in [9.17, 15) is 0 Å². The van der Waals surface area contributed by atoms with Gasteiger partial charge in [-0.05, 0) is 44.4 Å². The van der Waals surface area contributed by atoms with Crippen molar-refractivity contribution in [3.63, 3.8) is 0 Å². The number of rotatable bonds is 4. The van der Waals surface area contributed by atoms with Crippen molar-refractivity contribution in [3.8, 4) is 0 Å². The van der Waals surface area contributed by atoms with Gasteiger partial charge in [0.25, 0.3) is 0 Å². The lowest BCUT2D eigenvalue weighted by molar-refractivity contribution is 0.619. The van der Waals surface area contributed by atoms with Crippen LogP contribution in [0.3, 0.4) is 0 Å². The first-order valence-electron chi connectivity index (χ1n) is 6.80. The van der Waals surface area contributed by atoms with E-state index in [1.165, 1.54) is 36.9 Å². The van der Waals surface area contributed by atoms with Crippen molar-refractivity contribution in [2.45, 2.75) is 45.6 Å². The van der Waals surface area contributed by atoms with Crippen LogP contribution in [0.25, 0.3) is 0 Å². The van der Waals surface area contributed by atoms with Crippen LogP contribution < -0.4 is 10.6 Å². The topological polar surface area (TPSA) is 29.3 Å². The molecule has 0 amide bonds. The number of nitrogens with zero attached hydrogens (tertiary/aromatic N) is 1. The quantitative estimate of drug-likeness (QED) is 0.843. The second kappa shape index (κ2) is 5.70. The molecule has 0 spiro atoms. The van der Waals surface area contributed by atoms with Gasteiger partial charge in [-0.25, -0.2) is 0 Å². The van der Waals surface area contributed by atoms with E-state index in [1.807, 2.05) is 0 Å². The zero-order chi connectivity index (χ0) is 13.1. The van der Waals surface area contributed by atoms with Gasteiger partial charge in [0.05, 0.1) is 0 Å². The molecule has 0 aliphatic heterocycles. The summed E-state index contributed by atoms with van der Waals surface area (Å²) >= 11 is 5.19. The van der Waals surface area contributed by atoms with Crippen molar-refractivity contribution in [1.29, 1.82) is 0 Å². The van der Waals surface area contributed by atoms with Crippen molar-refractivity contribution in [2.24, 2.45) is 5.73 Å². The smallest absolute Gasteiger partial charge is 0.106 e. The molecule has 1 aromatic rings. The highest BCUT2D eigenvalue weighted by molar-refractivity contribution is 7.80. The summed E-state index contributed by atoms with van der Waals surface area (Å²) in [6.45, 7) is 5.35. The number of nitrogens with two attached hydrogens (primary N) is 1. The van der Waals surface area contributed by atoms with Crippen molar-refractivity contribution >= 4 is 22.9 Å². The summed E-state index contributed by atoms with van der Waals surface area (Å²) in [5.41, 5.74) is 9.36. The summed E-state index contributed by atoms with van der Waals surface area (Å²) in [5.74, 6) is 0. The lowest BCUT2D eigenvalue weighted by Gasteiger charge is -2.32. The summed E-state index contributed by atoms with van der Waals surface area (Å²) in [7, 11) is 0. The van der Waals surface area contributed by atoms with Gasteiger partial charge in [0.1, 0.15) is 4.99 Å². The monoisotopic (exact) mass is 262 g/mol. The molecule has 1 saturated carbocycles. The van der Waals surface area contributed by atoms with Gasteiger partial charge in [-0.3, -0.25) is 0 Å². The maximum absolute atomic E-state index is 5.86. The van der Waals surface area contributed by atoms with E-state index < -0.39 is 0 Å². The first-order chi connectivity index (χ1) is 8.63. The number of hydrogen-bond acceptors (Lipinski definition) is 2. The molecule has 1 aromatic carbocycles. The maximum Gasteiger partial charge on any atom is 0.106 e. The van der Waals surface area contributed by atoms with E-state index in [1.54, 1.807) is 0 Å². The molecule has 0 heterocycles. The Morgan fingerprint density at radius 2 is 2.06 bits per heavy atom. The predicted octanol–water partition coefficient (Wildman–Crippen LogP) is 3.40. The average Bonchev–Trinajstić information content (AvgIpc) is 2.83. The van der Waals surface area contributed by atoms with E-state index in [4.69, 9.17) is 18.0 Å². The third kappa shape index (κ3) is 2.66. The van der Waals surface area contributed by atoms with Crippen LogP contribution in [0.2, 0.25) is 0 Å². The summed E-state index contributed by atoms with van der Waals surface area (Å²) in [5, 5.41) is 0. The van der Waals surface area contributed by atoms with E-state index in [0.29, 0.717) is 11.0 Å². The molecule has 0 radical (unpaired) electrons. The molecular formula is C15H22N2S. The van der Waals surface area contributed by atoms with Gasteiger partial charge in [0.15, 0.2) is 0 Å². The van der Waals surface area contributed by atoms with Gasteiger partial charge >= 0.3 is 0 Å². The highest BCUT2D eigenvalue weighted by atomic mass is 32.1. The van der Waals surface area contributed by atoms with Gasteiger partial charge in [0, 0.05) is 23.8 Å². The number of hydrogen-bond donors (Lipinski definition) is 1. The van der Waals surface area contributed by atoms with Crippen molar-refractivity contribution < 1.29 is 0 Å². The molecule has 0 bridgehead atoms. The Balaban J connectivity index is 2.39.